The molecular weight excluding hydrogens is 244 g/mol. The fourth-order valence-electron chi connectivity index (χ4n) is 2.13. The Morgan fingerprint density at radius 2 is 2.22 bits per heavy atom. The van der Waals surface area contributed by atoms with Gasteiger partial charge in [-0.05, 0) is 26.1 Å². The van der Waals surface area contributed by atoms with Gasteiger partial charge in [-0.2, -0.15) is 0 Å². The molecule has 0 fully saturated rings. The highest BCUT2D eigenvalue weighted by molar-refractivity contribution is 7.15. The number of rotatable bonds is 7. The molecule has 0 aromatic carbocycles. The Morgan fingerprint density at radius 3 is 2.89 bits per heavy atom. The summed E-state index contributed by atoms with van der Waals surface area (Å²) >= 11 is 1.66. The molecule has 0 aliphatic heterocycles. The minimum absolute atomic E-state index is 0.204. The molecule has 0 saturated carbocycles. The summed E-state index contributed by atoms with van der Waals surface area (Å²) in [5.74, 6) is 0. The van der Waals surface area contributed by atoms with Crippen LogP contribution in [-0.4, -0.2) is 40.0 Å². The molecule has 1 atom stereocenters. The van der Waals surface area contributed by atoms with Crippen molar-refractivity contribution in [3.63, 3.8) is 0 Å². The Labute approximate surface area is 112 Å². The first-order valence-electron chi connectivity index (χ1n) is 6.62. The van der Waals surface area contributed by atoms with Crippen LogP contribution in [0.3, 0.4) is 0 Å². The molecule has 100 valence electrons. The number of thiazole rings is 1. The molecule has 2 aromatic rings. The number of fused-ring (bicyclic) bond motifs is 1. The number of aromatic nitrogens is 2. The number of hydrogen-bond acceptors (Lipinski definition) is 4. The second-order valence-corrected chi connectivity index (χ2v) is 5.48. The quantitative estimate of drug-likeness (QED) is 0.834. The highest BCUT2D eigenvalue weighted by Crippen LogP contribution is 2.12. The van der Waals surface area contributed by atoms with Gasteiger partial charge in [0.2, 0.25) is 0 Å². The summed E-state index contributed by atoms with van der Waals surface area (Å²) < 4.78 is 2.07. The van der Waals surface area contributed by atoms with E-state index < -0.39 is 0 Å². The predicted molar refractivity (Wildman–Crippen MR) is 77.2 cm³/mol. The van der Waals surface area contributed by atoms with Crippen LogP contribution in [0.1, 0.15) is 26.0 Å². The van der Waals surface area contributed by atoms with Gasteiger partial charge in [0, 0.05) is 30.2 Å². The average Bonchev–Trinajstić information content (AvgIpc) is 2.91. The third-order valence-corrected chi connectivity index (χ3v) is 4.10. The van der Waals surface area contributed by atoms with Crippen molar-refractivity contribution < 1.29 is 0 Å². The van der Waals surface area contributed by atoms with Crippen LogP contribution < -0.4 is 5.73 Å². The van der Waals surface area contributed by atoms with Crippen molar-refractivity contribution in [3.05, 3.63) is 23.5 Å². The van der Waals surface area contributed by atoms with E-state index in [1.807, 2.05) is 11.6 Å². The van der Waals surface area contributed by atoms with Crippen LogP contribution >= 0.6 is 11.3 Å². The Balaban J connectivity index is 1.83. The maximum atomic E-state index is 6.18. The lowest BCUT2D eigenvalue weighted by Gasteiger charge is -2.20. The van der Waals surface area contributed by atoms with Crippen molar-refractivity contribution in [2.75, 3.05) is 19.6 Å². The summed E-state index contributed by atoms with van der Waals surface area (Å²) in [7, 11) is 0. The topological polar surface area (TPSA) is 46.6 Å². The third-order valence-electron chi connectivity index (χ3n) is 3.33. The van der Waals surface area contributed by atoms with E-state index >= 15 is 0 Å². The van der Waals surface area contributed by atoms with Gasteiger partial charge in [-0.1, -0.05) is 13.8 Å². The van der Waals surface area contributed by atoms with E-state index in [0.717, 1.165) is 43.1 Å². The molecule has 2 N–H and O–H groups in total. The van der Waals surface area contributed by atoms with Crippen molar-refractivity contribution in [2.24, 2.45) is 5.73 Å². The number of nitrogens with zero attached hydrogens (tertiary/aromatic N) is 3. The first-order valence-corrected chi connectivity index (χ1v) is 7.49. The monoisotopic (exact) mass is 266 g/mol. The van der Waals surface area contributed by atoms with E-state index in [2.05, 4.69) is 34.3 Å². The van der Waals surface area contributed by atoms with Gasteiger partial charge in [0.05, 0.1) is 5.69 Å². The molecule has 0 radical (unpaired) electrons. The number of imidazole rings is 1. The highest BCUT2D eigenvalue weighted by Gasteiger charge is 2.09. The zero-order valence-electron chi connectivity index (χ0n) is 11.2. The second kappa shape index (κ2) is 6.31. The summed E-state index contributed by atoms with van der Waals surface area (Å²) in [4.78, 5) is 8.03. The van der Waals surface area contributed by atoms with Gasteiger partial charge in [0.15, 0.2) is 4.96 Å². The van der Waals surface area contributed by atoms with E-state index in [9.17, 15) is 0 Å². The molecule has 18 heavy (non-hydrogen) atoms. The van der Waals surface area contributed by atoms with Crippen molar-refractivity contribution in [1.29, 1.82) is 0 Å². The molecule has 1 unspecified atom stereocenters. The molecular formula is C13H22N4S. The van der Waals surface area contributed by atoms with Crippen molar-refractivity contribution in [3.8, 4) is 0 Å². The minimum Gasteiger partial charge on any atom is -0.327 e. The molecule has 4 nitrogen and oxygen atoms in total. The molecule has 0 aliphatic rings. The van der Waals surface area contributed by atoms with Crippen molar-refractivity contribution in [2.45, 2.75) is 32.7 Å². The van der Waals surface area contributed by atoms with E-state index in [0.29, 0.717) is 0 Å². The van der Waals surface area contributed by atoms with Crippen LogP contribution in [0.5, 0.6) is 0 Å². The van der Waals surface area contributed by atoms with Crippen LogP contribution in [0.25, 0.3) is 4.96 Å². The molecule has 5 heteroatoms. The zero-order valence-corrected chi connectivity index (χ0v) is 12.0. The predicted octanol–water partition coefficient (Wildman–Crippen LogP) is 2.00. The highest BCUT2D eigenvalue weighted by atomic mass is 32.1. The van der Waals surface area contributed by atoms with E-state index in [4.69, 9.17) is 5.73 Å². The SMILES string of the molecule is CCN(CC)CCC(N)Cc1cn2ccsc2n1. The minimum atomic E-state index is 0.204. The summed E-state index contributed by atoms with van der Waals surface area (Å²) in [5, 5.41) is 2.05. The van der Waals surface area contributed by atoms with Gasteiger partial charge in [0.25, 0.3) is 0 Å². The summed E-state index contributed by atoms with van der Waals surface area (Å²) in [6, 6.07) is 0.204. The van der Waals surface area contributed by atoms with Gasteiger partial charge in [-0.15, -0.1) is 11.3 Å². The van der Waals surface area contributed by atoms with Crippen LogP contribution in [0.15, 0.2) is 17.8 Å². The molecule has 0 bridgehead atoms. The standard InChI is InChI=1S/C13H22N4S/c1-3-16(4-2)6-5-11(14)9-12-10-17-7-8-18-13(17)15-12/h7-8,10-11H,3-6,9,14H2,1-2H3. The fourth-order valence-corrected chi connectivity index (χ4v) is 2.85. The van der Waals surface area contributed by atoms with Gasteiger partial charge in [-0.3, -0.25) is 4.40 Å². The van der Waals surface area contributed by atoms with Crippen LogP contribution in [0.2, 0.25) is 0 Å². The molecule has 0 spiro atoms. The largest absolute Gasteiger partial charge is 0.327 e. The fraction of sp³-hybridized carbons (Fsp3) is 0.615. The molecule has 0 aliphatic carbocycles. The Bertz CT molecular complexity index is 443. The lowest BCUT2D eigenvalue weighted by atomic mass is 10.1. The average molecular weight is 266 g/mol. The third kappa shape index (κ3) is 3.31. The molecule has 0 saturated heterocycles. The molecule has 0 amide bonds. The maximum absolute atomic E-state index is 6.18. The van der Waals surface area contributed by atoms with E-state index in [1.54, 1.807) is 11.3 Å². The van der Waals surface area contributed by atoms with E-state index in [1.165, 1.54) is 0 Å². The Morgan fingerprint density at radius 1 is 1.44 bits per heavy atom. The Kier molecular flexibility index (Phi) is 4.74. The molecule has 2 aromatic heterocycles. The maximum Gasteiger partial charge on any atom is 0.193 e. The van der Waals surface area contributed by atoms with Crippen LogP contribution in [-0.2, 0) is 6.42 Å². The number of nitrogens with two attached hydrogens (primary N) is 1. The van der Waals surface area contributed by atoms with Gasteiger partial charge in [-0.25, -0.2) is 4.98 Å². The van der Waals surface area contributed by atoms with Gasteiger partial charge in [0.1, 0.15) is 0 Å². The molecule has 2 heterocycles. The molecule has 2 rings (SSSR count). The van der Waals surface area contributed by atoms with Crippen molar-refractivity contribution in [1.82, 2.24) is 14.3 Å². The first kappa shape index (κ1) is 13.5. The summed E-state index contributed by atoms with van der Waals surface area (Å²) in [6.45, 7) is 7.67. The smallest absolute Gasteiger partial charge is 0.193 e. The van der Waals surface area contributed by atoms with Crippen molar-refractivity contribution >= 4 is 16.3 Å². The lowest BCUT2D eigenvalue weighted by molar-refractivity contribution is 0.289. The normalized spacial score (nSPS) is 13.6. The first-order chi connectivity index (χ1) is 8.72. The lowest BCUT2D eigenvalue weighted by Crippen LogP contribution is -2.31. The summed E-state index contributed by atoms with van der Waals surface area (Å²) in [6.07, 6.45) is 6.03. The zero-order chi connectivity index (χ0) is 13.0. The summed E-state index contributed by atoms with van der Waals surface area (Å²) in [5.41, 5.74) is 7.29. The van der Waals surface area contributed by atoms with Gasteiger partial charge < -0.3 is 10.6 Å². The van der Waals surface area contributed by atoms with Crippen LogP contribution in [0, 0.1) is 0 Å². The van der Waals surface area contributed by atoms with Crippen LogP contribution in [0.4, 0.5) is 0 Å². The second-order valence-electron chi connectivity index (χ2n) is 4.60. The number of hydrogen-bond donors (Lipinski definition) is 1. The van der Waals surface area contributed by atoms with Gasteiger partial charge >= 0.3 is 0 Å². The van der Waals surface area contributed by atoms with E-state index in [-0.39, 0.29) is 6.04 Å². The Hall–Kier alpha value is -0.910.